The molecule has 1 aromatic heterocycles. The summed E-state index contributed by atoms with van der Waals surface area (Å²) in [5.41, 5.74) is 0.776. The fraction of sp³-hybridized carbons (Fsp3) is 0.500. The van der Waals surface area contributed by atoms with Crippen molar-refractivity contribution >= 4 is 51.6 Å². The van der Waals surface area contributed by atoms with Crippen LogP contribution in [-0.4, -0.2) is 34.9 Å². The molecular formula is C12H13IN2OS2. The van der Waals surface area contributed by atoms with Crippen LogP contribution in [0.4, 0.5) is 0 Å². The number of halogens is 1. The third kappa shape index (κ3) is 2.83. The molecule has 0 unspecified atom stereocenters. The monoisotopic (exact) mass is 392 g/mol. The average Bonchev–Trinajstić information content (AvgIpc) is 2.85. The molecule has 6 heteroatoms. The highest BCUT2D eigenvalue weighted by molar-refractivity contribution is 14.1. The second-order valence-electron chi connectivity index (χ2n) is 4.24. The van der Waals surface area contributed by atoms with Gasteiger partial charge in [0.25, 0.3) is 5.91 Å². The average molecular weight is 392 g/mol. The van der Waals surface area contributed by atoms with Crippen LogP contribution in [0.5, 0.6) is 0 Å². The lowest BCUT2D eigenvalue weighted by atomic mass is 9.97. The first kappa shape index (κ1) is 14.2. The number of thiophene rings is 1. The molecule has 0 bridgehead atoms. The molecule has 3 nitrogen and oxygen atoms in total. The topological polar surface area (TPSA) is 44.1 Å². The molecule has 1 aliphatic heterocycles. The number of amides is 1. The molecular weight excluding hydrogens is 379 g/mol. The Bertz CT molecular complexity index is 487. The van der Waals surface area contributed by atoms with E-state index in [1.165, 1.54) is 0 Å². The van der Waals surface area contributed by atoms with E-state index in [0.717, 1.165) is 21.3 Å². The zero-order chi connectivity index (χ0) is 13.2. The summed E-state index contributed by atoms with van der Waals surface area (Å²) in [5.74, 6) is 0.0989. The Morgan fingerprint density at radius 2 is 2.28 bits per heavy atom. The molecule has 1 fully saturated rings. The molecule has 0 aliphatic carbocycles. The molecule has 1 aliphatic rings. The Morgan fingerprint density at radius 1 is 1.61 bits per heavy atom. The zero-order valence-corrected chi connectivity index (χ0v) is 13.8. The SMILES string of the molecule is CSC1(C#N)CCN(C(=O)c2csc(I)c2)CC1. The first-order chi connectivity index (χ1) is 8.60. The van der Waals surface area contributed by atoms with Crippen molar-refractivity contribution in [2.45, 2.75) is 17.6 Å². The molecule has 0 N–H and O–H groups in total. The fourth-order valence-corrected chi connectivity index (χ4v) is 4.04. The van der Waals surface area contributed by atoms with E-state index in [4.69, 9.17) is 0 Å². The quantitative estimate of drug-likeness (QED) is 0.726. The Hall–Kier alpha value is -0.260. The van der Waals surface area contributed by atoms with E-state index >= 15 is 0 Å². The predicted octanol–water partition coefficient (Wildman–Crippen LogP) is 3.21. The van der Waals surface area contributed by atoms with Crippen LogP contribution in [-0.2, 0) is 0 Å². The molecule has 0 aromatic carbocycles. The number of hydrogen-bond donors (Lipinski definition) is 0. The van der Waals surface area contributed by atoms with Crippen LogP contribution < -0.4 is 0 Å². The van der Waals surface area contributed by atoms with E-state index in [-0.39, 0.29) is 10.7 Å². The fourth-order valence-electron chi connectivity index (χ4n) is 2.04. The standard InChI is InChI=1S/C12H13IN2OS2/c1-17-12(8-14)2-4-15(5-3-12)11(16)9-6-10(13)18-7-9/h6-7H,2-5H2,1H3. The lowest BCUT2D eigenvalue weighted by molar-refractivity contribution is 0.0717. The van der Waals surface area contributed by atoms with Crippen LogP contribution in [0.25, 0.3) is 0 Å². The van der Waals surface area contributed by atoms with E-state index < -0.39 is 0 Å². The third-order valence-electron chi connectivity index (χ3n) is 3.27. The second kappa shape index (κ2) is 5.80. The predicted molar refractivity (Wildman–Crippen MR) is 84.0 cm³/mol. The Labute approximate surface area is 129 Å². The summed E-state index contributed by atoms with van der Waals surface area (Å²) in [6, 6.07) is 4.32. The van der Waals surface area contributed by atoms with Gasteiger partial charge in [0.1, 0.15) is 4.75 Å². The van der Waals surface area contributed by atoms with Gasteiger partial charge in [0, 0.05) is 18.5 Å². The number of nitriles is 1. The van der Waals surface area contributed by atoms with Gasteiger partial charge >= 0.3 is 0 Å². The first-order valence-electron chi connectivity index (χ1n) is 5.60. The van der Waals surface area contributed by atoms with E-state index in [9.17, 15) is 10.1 Å². The summed E-state index contributed by atoms with van der Waals surface area (Å²) in [7, 11) is 0. The smallest absolute Gasteiger partial charge is 0.254 e. The van der Waals surface area contributed by atoms with Crippen molar-refractivity contribution in [1.29, 1.82) is 5.26 Å². The number of likely N-dealkylation sites (tertiary alicyclic amines) is 1. The molecule has 1 saturated heterocycles. The minimum Gasteiger partial charge on any atom is -0.338 e. The van der Waals surface area contributed by atoms with Crippen LogP contribution in [0.1, 0.15) is 23.2 Å². The lowest BCUT2D eigenvalue weighted by Gasteiger charge is -2.36. The molecule has 0 spiro atoms. The van der Waals surface area contributed by atoms with Gasteiger partial charge in [-0.05, 0) is 47.8 Å². The first-order valence-corrected chi connectivity index (χ1v) is 8.78. The van der Waals surface area contributed by atoms with Crippen molar-refractivity contribution in [1.82, 2.24) is 4.90 Å². The summed E-state index contributed by atoms with van der Waals surface area (Å²) in [5, 5.41) is 11.1. The van der Waals surface area contributed by atoms with Gasteiger partial charge in [-0.1, -0.05) is 0 Å². The summed E-state index contributed by atoms with van der Waals surface area (Å²) < 4.78 is 0.836. The third-order valence-corrected chi connectivity index (χ3v) is 6.34. The second-order valence-corrected chi connectivity index (χ2v) is 8.24. The minimum atomic E-state index is -0.292. The van der Waals surface area contributed by atoms with Crippen LogP contribution in [0, 0.1) is 14.2 Å². The molecule has 2 rings (SSSR count). The van der Waals surface area contributed by atoms with Gasteiger partial charge in [-0.3, -0.25) is 4.79 Å². The number of hydrogen-bond acceptors (Lipinski definition) is 4. The number of piperidine rings is 1. The lowest BCUT2D eigenvalue weighted by Crippen LogP contribution is -2.44. The maximum Gasteiger partial charge on any atom is 0.254 e. The largest absolute Gasteiger partial charge is 0.338 e. The van der Waals surface area contributed by atoms with Crippen LogP contribution >= 0.6 is 45.7 Å². The number of nitrogens with zero attached hydrogens (tertiary/aromatic N) is 2. The highest BCUT2D eigenvalue weighted by Gasteiger charge is 2.35. The van der Waals surface area contributed by atoms with Gasteiger partial charge in [0.2, 0.25) is 0 Å². The molecule has 2 heterocycles. The van der Waals surface area contributed by atoms with Crippen LogP contribution in [0.3, 0.4) is 0 Å². The number of rotatable bonds is 2. The summed E-state index contributed by atoms with van der Waals surface area (Å²) in [6.07, 6.45) is 3.50. The maximum atomic E-state index is 12.2. The van der Waals surface area contributed by atoms with E-state index in [0.29, 0.717) is 13.1 Å². The molecule has 18 heavy (non-hydrogen) atoms. The van der Waals surface area contributed by atoms with Crippen molar-refractivity contribution in [2.75, 3.05) is 19.3 Å². The molecule has 0 saturated carbocycles. The van der Waals surface area contributed by atoms with Gasteiger partial charge in [-0.25, -0.2) is 0 Å². The molecule has 1 amide bonds. The van der Waals surface area contributed by atoms with E-state index in [1.807, 2.05) is 22.6 Å². The van der Waals surface area contributed by atoms with E-state index in [1.54, 1.807) is 23.1 Å². The summed E-state index contributed by atoms with van der Waals surface area (Å²) in [6.45, 7) is 1.36. The number of carbonyl (C=O) groups excluding carboxylic acids is 1. The summed E-state index contributed by atoms with van der Waals surface area (Å²) in [4.78, 5) is 14.1. The Balaban J connectivity index is 2.02. The number of thioether (sulfide) groups is 1. The minimum absolute atomic E-state index is 0.0989. The van der Waals surface area contributed by atoms with Crippen molar-refractivity contribution in [2.24, 2.45) is 0 Å². The Kier molecular flexibility index (Phi) is 4.56. The van der Waals surface area contributed by atoms with Crippen molar-refractivity contribution in [3.05, 3.63) is 19.9 Å². The number of carbonyl (C=O) groups is 1. The van der Waals surface area contributed by atoms with Gasteiger partial charge in [-0.2, -0.15) is 5.26 Å². The normalized spacial score (nSPS) is 18.4. The Morgan fingerprint density at radius 3 is 2.72 bits per heavy atom. The van der Waals surface area contributed by atoms with Crippen LogP contribution in [0.15, 0.2) is 11.4 Å². The molecule has 96 valence electrons. The zero-order valence-electron chi connectivity index (χ0n) is 9.98. The van der Waals surface area contributed by atoms with Crippen molar-refractivity contribution in [3.8, 4) is 6.07 Å². The van der Waals surface area contributed by atoms with Crippen LogP contribution in [0.2, 0.25) is 0 Å². The molecule has 1 aromatic rings. The summed E-state index contributed by atoms with van der Waals surface area (Å²) >= 11 is 5.42. The van der Waals surface area contributed by atoms with Gasteiger partial charge in [0.15, 0.2) is 0 Å². The maximum absolute atomic E-state index is 12.2. The van der Waals surface area contributed by atoms with Gasteiger partial charge < -0.3 is 4.90 Å². The highest BCUT2D eigenvalue weighted by atomic mass is 127. The van der Waals surface area contributed by atoms with Crippen molar-refractivity contribution < 1.29 is 4.79 Å². The van der Waals surface area contributed by atoms with Gasteiger partial charge in [0.05, 0.1) is 14.5 Å². The van der Waals surface area contributed by atoms with E-state index in [2.05, 4.69) is 28.7 Å². The molecule has 0 atom stereocenters. The van der Waals surface area contributed by atoms with Crippen molar-refractivity contribution in [3.63, 3.8) is 0 Å². The molecule has 0 radical (unpaired) electrons. The highest BCUT2D eigenvalue weighted by Crippen LogP contribution is 2.34. The van der Waals surface area contributed by atoms with Gasteiger partial charge in [-0.15, -0.1) is 23.1 Å².